The second-order valence-corrected chi connectivity index (χ2v) is 6.42. The molecule has 1 atom stereocenters. The molecule has 2 heterocycles. The Kier molecular flexibility index (Phi) is 5.90. The molecule has 2 amide bonds. The molecule has 0 fully saturated rings. The van der Waals surface area contributed by atoms with Crippen LogP contribution < -0.4 is 16.6 Å². The van der Waals surface area contributed by atoms with E-state index in [1.54, 1.807) is 26.0 Å². The lowest BCUT2D eigenvalue weighted by Gasteiger charge is -2.15. The summed E-state index contributed by atoms with van der Waals surface area (Å²) in [6.07, 6.45) is -0.942. The van der Waals surface area contributed by atoms with Gasteiger partial charge in [0, 0.05) is 11.5 Å². The molecule has 3 N–H and O–H groups in total. The van der Waals surface area contributed by atoms with Gasteiger partial charge in [0.2, 0.25) is 0 Å². The summed E-state index contributed by atoms with van der Waals surface area (Å²) in [7, 11) is 0. The maximum Gasteiger partial charge on any atom is 0.328 e. The Morgan fingerprint density at radius 1 is 1.27 bits per heavy atom. The van der Waals surface area contributed by atoms with Crippen molar-refractivity contribution in [2.24, 2.45) is 5.73 Å². The smallest absolute Gasteiger partial charge is 0.328 e. The lowest BCUT2D eigenvalue weighted by molar-refractivity contribution is -0.155. The van der Waals surface area contributed by atoms with Crippen LogP contribution in [0, 0.1) is 6.92 Å². The largest absolute Gasteiger partial charge is 0.451 e. The molecule has 0 aliphatic rings. The van der Waals surface area contributed by atoms with Crippen molar-refractivity contribution in [3.8, 4) is 0 Å². The van der Waals surface area contributed by atoms with Crippen molar-refractivity contribution >= 4 is 34.4 Å². The molecule has 3 rings (SSSR count). The van der Waals surface area contributed by atoms with Gasteiger partial charge in [0.05, 0.1) is 5.39 Å². The second-order valence-electron chi connectivity index (χ2n) is 6.42. The van der Waals surface area contributed by atoms with E-state index < -0.39 is 36.0 Å². The highest BCUT2D eigenvalue weighted by molar-refractivity contribution is 6.04. The molecule has 0 spiro atoms. The first kappa shape index (κ1) is 20.7. The molecule has 11 heteroatoms. The van der Waals surface area contributed by atoms with Crippen LogP contribution in [-0.4, -0.2) is 38.8 Å². The zero-order valence-electron chi connectivity index (χ0n) is 16.2. The maximum absolute atomic E-state index is 12.6. The number of nitrogens with two attached hydrogens (primary N) is 1. The molecular formula is C19H19N5O6. The minimum Gasteiger partial charge on any atom is -0.451 e. The normalized spacial score (nSPS) is 11.8. The number of hydrogen-bond donors (Lipinski definition) is 2. The quantitative estimate of drug-likeness (QED) is 0.537. The Morgan fingerprint density at radius 2 is 1.97 bits per heavy atom. The molecule has 0 aliphatic carbocycles. The fraction of sp³-hybridized carbons (Fsp3) is 0.263. The van der Waals surface area contributed by atoms with Crippen molar-refractivity contribution in [2.75, 3.05) is 5.32 Å². The van der Waals surface area contributed by atoms with Gasteiger partial charge in [-0.15, -0.1) is 0 Å². The molecule has 11 nitrogen and oxygen atoms in total. The van der Waals surface area contributed by atoms with Crippen LogP contribution in [0.3, 0.4) is 0 Å². The molecule has 0 radical (unpaired) electrons. The molecule has 30 heavy (non-hydrogen) atoms. The predicted molar refractivity (Wildman–Crippen MR) is 105 cm³/mol. The number of hydrogen-bond acceptors (Lipinski definition) is 8. The average molecular weight is 413 g/mol. The lowest BCUT2D eigenvalue weighted by atomic mass is 10.1. The van der Waals surface area contributed by atoms with Crippen molar-refractivity contribution < 1.29 is 23.6 Å². The first-order chi connectivity index (χ1) is 14.3. The number of esters is 1. The predicted octanol–water partition coefficient (Wildman–Crippen LogP) is 0.752. The highest BCUT2D eigenvalue weighted by Crippen LogP contribution is 2.13. The number of carbonyl (C=O) groups is 3. The number of benzene rings is 1. The van der Waals surface area contributed by atoms with Gasteiger partial charge < -0.3 is 20.3 Å². The summed E-state index contributed by atoms with van der Waals surface area (Å²) in [5, 5.41) is 10.5. The first-order valence-electron chi connectivity index (χ1n) is 9.03. The summed E-state index contributed by atoms with van der Waals surface area (Å²) < 4.78 is 10.8. The molecule has 0 saturated carbocycles. The third kappa shape index (κ3) is 4.35. The van der Waals surface area contributed by atoms with Crippen LogP contribution in [-0.2, 0) is 20.9 Å². The van der Waals surface area contributed by atoms with Gasteiger partial charge in [-0.3, -0.25) is 19.2 Å². The number of aromatic nitrogens is 3. The summed E-state index contributed by atoms with van der Waals surface area (Å²) >= 11 is 0. The van der Waals surface area contributed by atoms with Crippen molar-refractivity contribution in [1.29, 1.82) is 0 Å². The molecule has 2 aromatic heterocycles. The Hall–Kier alpha value is -4.02. The van der Waals surface area contributed by atoms with E-state index in [0.29, 0.717) is 5.76 Å². The van der Waals surface area contributed by atoms with Gasteiger partial charge in [0.25, 0.3) is 17.4 Å². The number of ether oxygens (including phenoxy) is 1. The number of aryl methyl sites for hydroxylation is 1. The highest BCUT2D eigenvalue weighted by Gasteiger charge is 2.23. The zero-order valence-corrected chi connectivity index (χ0v) is 16.2. The number of nitrogens with zero attached hydrogens (tertiary/aromatic N) is 3. The van der Waals surface area contributed by atoms with Crippen LogP contribution in [0.5, 0.6) is 0 Å². The summed E-state index contributed by atoms with van der Waals surface area (Å²) in [5.74, 6) is -1.64. The van der Waals surface area contributed by atoms with E-state index in [0.717, 1.165) is 4.68 Å². The number of rotatable bonds is 7. The summed E-state index contributed by atoms with van der Waals surface area (Å²) in [6, 6.07) is 7.79. The molecule has 0 bridgehead atoms. The molecule has 0 saturated heterocycles. The van der Waals surface area contributed by atoms with Gasteiger partial charge >= 0.3 is 5.97 Å². The Morgan fingerprint density at radius 3 is 2.57 bits per heavy atom. The second kappa shape index (κ2) is 8.55. The van der Waals surface area contributed by atoms with Crippen LogP contribution in [0.25, 0.3) is 10.8 Å². The number of carbonyl (C=O) groups excluding carboxylic acids is 3. The average Bonchev–Trinajstić information content (AvgIpc) is 3.12. The number of fused-ring (bicyclic) bond motifs is 1. The SMILES string of the molecule is CCC(OC(=O)Cn1nc(C(N)=O)c2ccccc2c1=O)C(=O)Nc1cc(C)on1. The van der Waals surface area contributed by atoms with Crippen LogP contribution in [0.15, 0.2) is 39.6 Å². The van der Waals surface area contributed by atoms with Gasteiger partial charge in [-0.05, 0) is 19.4 Å². The zero-order chi connectivity index (χ0) is 21.8. The number of primary amides is 1. The maximum atomic E-state index is 12.6. The number of amides is 2. The van der Waals surface area contributed by atoms with E-state index in [9.17, 15) is 19.2 Å². The summed E-state index contributed by atoms with van der Waals surface area (Å²) in [6.45, 7) is 2.71. The third-order valence-corrected chi connectivity index (χ3v) is 4.20. The molecule has 0 aliphatic heterocycles. The Balaban J connectivity index is 1.78. The van der Waals surface area contributed by atoms with Gasteiger partial charge in [-0.2, -0.15) is 5.10 Å². The van der Waals surface area contributed by atoms with E-state index >= 15 is 0 Å². The van der Waals surface area contributed by atoms with Crippen LogP contribution in [0.4, 0.5) is 5.82 Å². The van der Waals surface area contributed by atoms with Crippen LogP contribution in [0.2, 0.25) is 0 Å². The van der Waals surface area contributed by atoms with Gasteiger partial charge in [0.1, 0.15) is 12.3 Å². The van der Waals surface area contributed by atoms with Crippen molar-refractivity contribution in [2.45, 2.75) is 32.9 Å². The minimum atomic E-state index is -1.12. The molecular weight excluding hydrogens is 394 g/mol. The molecule has 1 aromatic carbocycles. The van der Waals surface area contributed by atoms with E-state index in [2.05, 4.69) is 15.6 Å². The lowest BCUT2D eigenvalue weighted by Crippen LogP contribution is -2.36. The van der Waals surface area contributed by atoms with E-state index in [1.165, 1.54) is 18.2 Å². The van der Waals surface area contributed by atoms with E-state index in [4.69, 9.17) is 15.0 Å². The van der Waals surface area contributed by atoms with Gasteiger partial charge in [-0.1, -0.05) is 30.3 Å². The number of nitrogens with one attached hydrogen (secondary N) is 1. The van der Waals surface area contributed by atoms with Crippen molar-refractivity contribution in [3.05, 3.63) is 52.1 Å². The Bertz CT molecular complexity index is 1180. The van der Waals surface area contributed by atoms with Gasteiger partial charge in [0.15, 0.2) is 17.6 Å². The topological polar surface area (TPSA) is 159 Å². The summed E-state index contributed by atoms with van der Waals surface area (Å²) in [4.78, 5) is 49.0. The molecule has 3 aromatic rings. The van der Waals surface area contributed by atoms with Crippen LogP contribution >= 0.6 is 0 Å². The summed E-state index contributed by atoms with van der Waals surface area (Å²) in [5.41, 5.74) is 4.60. The first-order valence-corrected chi connectivity index (χ1v) is 9.03. The minimum absolute atomic E-state index is 0.149. The fourth-order valence-corrected chi connectivity index (χ4v) is 2.80. The van der Waals surface area contributed by atoms with Crippen molar-refractivity contribution in [1.82, 2.24) is 14.9 Å². The Labute approximate surface area is 169 Å². The highest BCUT2D eigenvalue weighted by atomic mass is 16.5. The molecule has 156 valence electrons. The van der Waals surface area contributed by atoms with Gasteiger partial charge in [-0.25, -0.2) is 4.68 Å². The number of anilines is 1. The van der Waals surface area contributed by atoms with E-state index in [-0.39, 0.29) is 28.7 Å². The van der Waals surface area contributed by atoms with E-state index in [1.807, 2.05) is 0 Å². The van der Waals surface area contributed by atoms with Crippen molar-refractivity contribution in [3.63, 3.8) is 0 Å². The van der Waals surface area contributed by atoms with Crippen LogP contribution in [0.1, 0.15) is 29.6 Å². The third-order valence-electron chi connectivity index (χ3n) is 4.20. The molecule has 1 unspecified atom stereocenters. The fourth-order valence-electron chi connectivity index (χ4n) is 2.80. The standard InChI is InChI=1S/C19H19N5O6/c1-3-13(18(27)21-14-8-10(2)30-23-14)29-15(25)9-24-19(28)12-7-5-4-6-11(12)16(22-24)17(20)26/h4-8,13H,3,9H2,1-2H3,(H2,20,26)(H,21,23,27). The monoisotopic (exact) mass is 413 g/mol.